The number of amides is 1. The number of nitrogens with two attached hydrogens (primary N) is 1. The number of benzene rings is 1. The Morgan fingerprint density at radius 1 is 1.30 bits per heavy atom. The first-order valence-electron chi connectivity index (χ1n) is 7.32. The summed E-state index contributed by atoms with van der Waals surface area (Å²) in [6, 6.07) is 7.99. The molecule has 4 heteroatoms. The van der Waals surface area contributed by atoms with Crippen molar-refractivity contribution in [3.63, 3.8) is 0 Å². The summed E-state index contributed by atoms with van der Waals surface area (Å²) < 4.78 is 0. The molecule has 0 aliphatic heterocycles. The van der Waals surface area contributed by atoms with Gasteiger partial charge in [0.15, 0.2) is 0 Å². The first kappa shape index (κ1) is 15.3. The number of nitrogens with one attached hydrogen (secondary N) is 1. The van der Waals surface area contributed by atoms with Crippen molar-refractivity contribution in [2.24, 2.45) is 5.73 Å². The summed E-state index contributed by atoms with van der Waals surface area (Å²) in [5.41, 5.74) is 6.01. The van der Waals surface area contributed by atoms with Gasteiger partial charge in [0.25, 0.3) is 0 Å². The van der Waals surface area contributed by atoms with E-state index in [1.807, 2.05) is 31.2 Å². The van der Waals surface area contributed by atoms with Gasteiger partial charge in [-0.05, 0) is 43.9 Å². The van der Waals surface area contributed by atoms with E-state index in [9.17, 15) is 4.79 Å². The lowest BCUT2D eigenvalue weighted by atomic mass is 9.87. The van der Waals surface area contributed by atoms with Crippen LogP contribution >= 0.6 is 11.6 Å². The molecule has 0 radical (unpaired) electrons. The normalized spacial score (nSPS) is 19.5. The summed E-state index contributed by atoms with van der Waals surface area (Å²) in [5.74, 6) is -0.293. The predicted molar refractivity (Wildman–Crippen MR) is 82.8 cm³/mol. The summed E-state index contributed by atoms with van der Waals surface area (Å²) in [6.07, 6.45) is 6.60. The van der Waals surface area contributed by atoms with Gasteiger partial charge in [-0.15, -0.1) is 0 Å². The van der Waals surface area contributed by atoms with E-state index in [2.05, 4.69) is 5.32 Å². The van der Waals surface area contributed by atoms with Crippen molar-refractivity contribution in [3.05, 3.63) is 34.9 Å². The Bertz CT molecular complexity index is 454. The zero-order chi connectivity index (χ0) is 14.6. The minimum Gasteiger partial charge on any atom is -0.368 e. The van der Waals surface area contributed by atoms with Crippen molar-refractivity contribution in [3.8, 4) is 0 Å². The topological polar surface area (TPSA) is 55.1 Å². The first-order chi connectivity index (χ1) is 9.49. The van der Waals surface area contributed by atoms with Crippen LogP contribution in [0.3, 0.4) is 0 Å². The van der Waals surface area contributed by atoms with E-state index in [-0.39, 0.29) is 5.91 Å². The van der Waals surface area contributed by atoms with Gasteiger partial charge in [-0.25, -0.2) is 0 Å². The molecule has 1 aromatic rings. The SMILES string of the molecule is CC(Cc1ccc(Cl)cc1)(NC1CCCCC1)C(N)=O. The van der Waals surface area contributed by atoms with Crippen LogP contribution in [0.4, 0.5) is 0 Å². The molecule has 1 amide bonds. The monoisotopic (exact) mass is 294 g/mol. The third kappa shape index (κ3) is 3.97. The third-order valence-corrected chi connectivity index (χ3v) is 4.39. The van der Waals surface area contributed by atoms with E-state index in [0.717, 1.165) is 18.4 Å². The molecule has 1 unspecified atom stereocenters. The minimum atomic E-state index is -0.699. The highest BCUT2D eigenvalue weighted by atomic mass is 35.5. The lowest BCUT2D eigenvalue weighted by Gasteiger charge is -2.34. The fraction of sp³-hybridized carbons (Fsp3) is 0.562. The standard InChI is InChI=1S/C16H23ClN2O/c1-16(15(18)20,19-14-5-3-2-4-6-14)11-12-7-9-13(17)10-8-12/h7-10,14,19H,2-6,11H2,1H3,(H2,18,20). The maximum Gasteiger partial charge on any atom is 0.237 e. The molecule has 0 heterocycles. The van der Waals surface area contributed by atoms with Gasteiger partial charge in [-0.1, -0.05) is 43.0 Å². The van der Waals surface area contributed by atoms with Crippen LogP contribution in [-0.2, 0) is 11.2 Å². The molecule has 3 N–H and O–H groups in total. The lowest BCUT2D eigenvalue weighted by molar-refractivity contribution is -0.124. The molecule has 0 spiro atoms. The highest BCUT2D eigenvalue weighted by Crippen LogP contribution is 2.22. The molecule has 2 rings (SSSR count). The largest absolute Gasteiger partial charge is 0.368 e. The van der Waals surface area contributed by atoms with Crippen LogP contribution in [0.2, 0.25) is 5.02 Å². The molecule has 1 atom stereocenters. The number of primary amides is 1. The van der Waals surface area contributed by atoms with E-state index in [1.165, 1.54) is 19.3 Å². The lowest BCUT2D eigenvalue weighted by Crippen LogP contribution is -2.58. The van der Waals surface area contributed by atoms with Crippen LogP contribution in [0, 0.1) is 0 Å². The van der Waals surface area contributed by atoms with Crippen LogP contribution in [0.25, 0.3) is 0 Å². The van der Waals surface area contributed by atoms with Crippen LogP contribution < -0.4 is 11.1 Å². The van der Waals surface area contributed by atoms with Crippen LogP contribution in [0.1, 0.15) is 44.6 Å². The van der Waals surface area contributed by atoms with Crippen molar-refractivity contribution < 1.29 is 4.79 Å². The maximum absolute atomic E-state index is 11.9. The van der Waals surface area contributed by atoms with E-state index in [1.54, 1.807) is 0 Å². The molecule has 1 aromatic carbocycles. The molecule has 0 saturated heterocycles. The molecule has 1 saturated carbocycles. The van der Waals surface area contributed by atoms with Crippen LogP contribution in [0.5, 0.6) is 0 Å². The van der Waals surface area contributed by atoms with Crippen molar-refractivity contribution >= 4 is 17.5 Å². The Balaban J connectivity index is 2.07. The number of rotatable bonds is 5. The first-order valence-corrected chi connectivity index (χ1v) is 7.69. The Morgan fingerprint density at radius 2 is 1.90 bits per heavy atom. The van der Waals surface area contributed by atoms with Gasteiger partial charge in [-0.2, -0.15) is 0 Å². The molecule has 3 nitrogen and oxygen atoms in total. The smallest absolute Gasteiger partial charge is 0.237 e. The number of hydrogen-bond donors (Lipinski definition) is 2. The average molecular weight is 295 g/mol. The molecule has 1 aliphatic carbocycles. The molecule has 1 aliphatic rings. The fourth-order valence-corrected chi connectivity index (χ4v) is 3.04. The summed E-state index contributed by atoms with van der Waals surface area (Å²) in [7, 11) is 0. The molecular weight excluding hydrogens is 272 g/mol. The number of carbonyl (C=O) groups excluding carboxylic acids is 1. The highest BCUT2D eigenvalue weighted by molar-refractivity contribution is 6.30. The molecule has 0 aromatic heterocycles. The second-order valence-corrected chi connectivity index (χ2v) is 6.42. The van der Waals surface area contributed by atoms with Gasteiger partial charge in [0, 0.05) is 11.1 Å². The summed E-state index contributed by atoms with van der Waals surface area (Å²) >= 11 is 5.89. The van der Waals surface area contributed by atoms with Gasteiger partial charge in [0.05, 0.1) is 5.54 Å². The summed E-state index contributed by atoms with van der Waals surface area (Å²) in [6.45, 7) is 1.90. The van der Waals surface area contributed by atoms with Crippen molar-refractivity contribution in [2.75, 3.05) is 0 Å². The number of halogens is 1. The van der Waals surface area contributed by atoms with Gasteiger partial charge in [0.2, 0.25) is 5.91 Å². The highest BCUT2D eigenvalue weighted by Gasteiger charge is 2.33. The fourth-order valence-electron chi connectivity index (χ4n) is 2.92. The number of carbonyl (C=O) groups is 1. The van der Waals surface area contributed by atoms with E-state index in [0.29, 0.717) is 17.5 Å². The molecule has 20 heavy (non-hydrogen) atoms. The summed E-state index contributed by atoms with van der Waals surface area (Å²) in [5, 5.41) is 4.19. The molecule has 0 bridgehead atoms. The van der Waals surface area contributed by atoms with E-state index >= 15 is 0 Å². The zero-order valence-electron chi connectivity index (χ0n) is 12.0. The van der Waals surface area contributed by atoms with E-state index < -0.39 is 5.54 Å². The van der Waals surface area contributed by atoms with Gasteiger partial charge in [-0.3, -0.25) is 4.79 Å². The van der Waals surface area contributed by atoms with Crippen molar-refractivity contribution in [1.82, 2.24) is 5.32 Å². The molecule has 110 valence electrons. The predicted octanol–water partition coefficient (Wildman–Crippen LogP) is 3.05. The Labute approximate surface area is 125 Å². The molecule has 1 fully saturated rings. The van der Waals surface area contributed by atoms with E-state index in [4.69, 9.17) is 17.3 Å². The Morgan fingerprint density at radius 3 is 2.45 bits per heavy atom. The second-order valence-electron chi connectivity index (χ2n) is 5.98. The Hall–Kier alpha value is -1.06. The number of hydrogen-bond acceptors (Lipinski definition) is 2. The quantitative estimate of drug-likeness (QED) is 0.877. The zero-order valence-corrected chi connectivity index (χ0v) is 12.7. The van der Waals surface area contributed by atoms with Crippen molar-refractivity contribution in [1.29, 1.82) is 0 Å². The minimum absolute atomic E-state index is 0.293. The van der Waals surface area contributed by atoms with Crippen LogP contribution in [0.15, 0.2) is 24.3 Å². The van der Waals surface area contributed by atoms with Gasteiger partial charge in [0.1, 0.15) is 0 Å². The van der Waals surface area contributed by atoms with Gasteiger partial charge < -0.3 is 11.1 Å². The maximum atomic E-state index is 11.9. The molecular formula is C16H23ClN2O. The van der Waals surface area contributed by atoms with Gasteiger partial charge >= 0.3 is 0 Å². The summed E-state index contributed by atoms with van der Waals surface area (Å²) in [4.78, 5) is 11.9. The van der Waals surface area contributed by atoms with Crippen molar-refractivity contribution in [2.45, 2.75) is 57.0 Å². The van der Waals surface area contributed by atoms with Crippen LogP contribution in [-0.4, -0.2) is 17.5 Å². The average Bonchev–Trinajstić information content (AvgIpc) is 2.42. The second kappa shape index (κ2) is 6.59. The third-order valence-electron chi connectivity index (χ3n) is 4.14. The Kier molecular flexibility index (Phi) is 5.06.